The third-order valence-electron chi connectivity index (χ3n) is 3.04. The molecule has 1 atom stereocenters. The average molecular weight is 308 g/mol. The molecule has 21 heavy (non-hydrogen) atoms. The molecule has 6 heteroatoms. The highest BCUT2D eigenvalue weighted by atomic mass is 35.5. The van der Waals surface area contributed by atoms with Gasteiger partial charge in [0, 0.05) is 17.3 Å². The lowest BCUT2D eigenvalue weighted by Crippen LogP contribution is -2.25. The van der Waals surface area contributed by atoms with Crippen LogP contribution in [-0.2, 0) is 16.1 Å². The van der Waals surface area contributed by atoms with Gasteiger partial charge in [-0.15, -0.1) is 0 Å². The summed E-state index contributed by atoms with van der Waals surface area (Å²) < 4.78 is 7.06. The van der Waals surface area contributed by atoms with Crippen molar-refractivity contribution in [2.24, 2.45) is 0 Å². The van der Waals surface area contributed by atoms with Crippen molar-refractivity contribution in [3.05, 3.63) is 47.5 Å². The summed E-state index contributed by atoms with van der Waals surface area (Å²) in [5.74, 6) is -0.340. The van der Waals surface area contributed by atoms with Crippen molar-refractivity contribution >= 4 is 23.3 Å². The zero-order chi connectivity index (χ0) is 15.2. The number of ether oxygens (including phenoxy) is 1. The molecule has 0 amide bonds. The van der Waals surface area contributed by atoms with E-state index in [1.807, 2.05) is 23.6 Å². The monoisotopic (exact) mass is 307 g/mol. The minimum atomic E-state index is -0.620. The zero-order valence-electron chi connectivity index (χ0n) is 12.0. The summed E-state index contributed by atoms with van der Waals surface area (Å²) in [5.41, 5.74) is 1.51. The van der Waals surface area contributed by atoms with Gasteiger partial charge < -0.3 is 14.6 Å². The second-order valence-corrected chi connectivity index (χ2v) is 4.88. The molecule has 0 fully saturated rings. The Labute approximate surface area is 128 Å². The summed E-state index contributed by atoms with van der Waals surface area (Å²) in [6, 6.07) is 6.60. The summed E-state index contributed by atoms with van der Waals surface area (Å²) in [6.45, 7) is 4.83. The number of carbonyl (C=O) groups is 1. The molecule has 0 saturated carbocycles. The van der Waals surface area contributed by atoms with Crippen LogP contribution in [0, 0.1) is 0 Å². The maximum Gasteiger partial charge on any atom is 0.334 e. The van der Waals surface area contributed by atoms with Crippen LogP contribution in [0.15, 0.2) is 36.8 Å². The number of nitrogens with one attached hydrogen (secondary N) is 1. The molecule has 1 aromatic carbocycles. The van der Waals surface area contributed by atoms with Crippen molar-refractivity contribution in [3.63, 3.8) is 0 Å². The molecule has 0 aliphatic heterocycles. The van der Waals surface area contributed by atoms with Gasteiger partial charge in [0.15, 0.2) is 6.04 Å². The van der Waals surface area contributed by atoms with Crippen molar-refractivity contribution in [1.29, 1.82) is 0 Å². The number of anilines is 1. The Kier molecular flexibility index (Phi) is 5.22. The standard InChI is InChI=1S/C15H18ClN3O2/c1-3-19-10-17-9-13(19)14(15(20)21-4-2)18-12-7-5-6-11(16)8-12/h5-10,14,18H,3-4H2,1-2H3. The summed E-state index contributed by atoms with van der Waals surface area (Å²) >= 11 is 5.98. The Hall–Kier alpha value is -2.01. The number of carbonyl (C=O) groups excluding carboxylic acids is 1. The molecule has 0 spiro atoms. The van der Waals surface area contributed by atoms with E-state index in [2.05, 4.69) is 10.3 Å². The van der Waals surface area contributed by atoms with Crippen molar-refractivity contribution in [2.75, 3.05) is 11.9 Å². The minimum Gasteiger partial charge on any atom is -0.464 e. The van der Waals surface area contributed by atoms with Crippen LogP contribution in [0.3, 0.4) is 0 Å². The number of rotatable bonds is 6. The summed E-state index contributed by atoms with van der Waals surface area (Å²) in [4.78, 5) is 16.3. The number of aryl methyl sites for hydroxylation is 1. The second-order valence-electron chi connectivity index (χ2n) is 4.44. The fourth-order valence-corrected chi connectivity index (χ4v) is 2.25. The number of imidazole rings is 1. The van der Waals surface area contributed by atoms with Crippen molar-refractivity contribution < 1.29 is 9.53 Å². The molecule has 2 aromatic rings. The van der Waals surface area contributed by atoms with Gasteiger partial charge in [-0.25, -0.2) is 9.78 Å². The molecule has 0 aliphatic carbocycles. The molecule has 0 aliphatic rings. The number of halogens is 1. The summed E-state index contributed by atoms with van der Waals surface area (Å²) in [5, 5.41) is 3.77. The van der Waals surface area contributed by atoms with Crippen molar-refractivity contribution in [3.8, 4) is 0 Å². The van der Waals surface area contributed by atoms with Crippen LogP contribution in [-0.4, -0.2) is 22.1 Å². The predicted molar refractivity (Wildman–Crippen MR) is 82.3 cm³/mol. The van der Waals surface area contributed by atoms with E-state index >= 15 is 0 Å². The second kappa shape index (κ2) is 7.13. The highest BCUT2D eigenvalue weighted by molar-refractivity contribution is 6.30. The number of hydrogen-bond donors (Lipinski definition) is 1. The van der Waals surface area contributed by atoms with E-state index in [1.165, 1.54) is 0 Å². The first-order valence-corrected chi connectivity index (χ1v) is 7.22. The van der Waals surface area contributed by atoms with E-state index < -0.39 is 6.04 Å². The van der Waals surface area contributed by atoms with E-state index in [1.54, 1.807) is 31.6 Å². The largest absolute Gasteiger partial charge is 0.464 e. The molecule has 1 N–H and O–H groups in total. The van der Waals surface area contributed by atoms with Crippen molar-refractivity contribution in [2.45, 2.75) is 26.4 Å². The van der Waals surface area contributed by atoms with Gasteiger partial charge in [0.25, 0.3) is 0 Å². The summed E-state index contributed by atoms with van der Waals surface area (Å²) in [7, 11) is 0. The lowest BCUT2D eigenvalue weighted by molar-refractivity contribution is -0.144. The van der Waals surface area contributed by atoms with Crippen molar-refractivity contribution in [1.82, 2.24) is 9.55 Å². The fraction of sp³-hybridized carbons (Fsp3) is 0.333. The van der Waals surface area contributed by atoms with E-state index in [0.29, 0.717) is 11.6 Å². The minimum absolute atomic E-state index is 0.326. The Balaban J connectivity index is 2.30. The normalized spacial score (nSPS) is 12.0. The molecule has 0 saturated heterocycles. The first-order valence-electron chi connectivity index (χ1n) is 6.84. The highest BCUT2D eigenvalue weighted by Gasteiger charge is 2.25. The Morgan fingerprint density at radius 2 is 2.29 bits per heavy atom. The Morgan fingerprint density at radius 3 is 2.95 bits per heavy atom. The topological polar surface area (TPSA) is 56.1 Å². The maximum atomic E-state index is 12.2. The molecule has 2 rings (SSSR count). The lowest BCUT2D eigenvalue weighted by Gasteiger charge is -2.19. The molecule has 1 aromatic heterocycles. The van der Waals surface area contributed by atoms with Crippen LogP contribution < -0.4 is 5.32 Å². The Bertz CT molecular complexity index is 612. The molecule has 0 radical (unpaired) electrons. The molecule has 0 bridgehead atoms. The molecule has 1 unspecified atom stereocenters. The van der Waals surface area contributed by atoms with Gasteiger partial charge in [0.1, 0.15) is 0 Å². The quantitative estimate of drug-likeness (QED) is 0.832. The third-order valence-corrected chi connectivity index (χ3v) is 3.27. The average Bonchev–Trinajstić information content (AvgIpc) is 2.93. The number of esters is 1. The van der Waals surface area contributed by atoms with Crippen LogP contribution >= 0.6 is 11.6 Å². The van der Waals surface area contributed by atoms with E-state index in [9.17, 15) is 4.79 Å². The number of aromatic nitrogens is 2. The van der Waals surface area contributed by atoms with Gasteiger partial charge in [0.05, 0.1) is 24.8 Å². The third kappa shape index (κ3) is 3.76. The predicted octanol–water partition coefficient (Wildman–Crippen LogP) is 3.27. The fourth-order valence-electron chi connectivity index (χ4n) is 2.06. The van der Waals surface area contributed by atoms with Gasteiger partial charge >= 0.3 is 5.97 Å². The lowest BCUT2D eigenvalue weighted by atomic mass is 10.2. The van der Waals surface area contributed by atoms with Crippen LogP contribution in [0.1, 0.15) is 25.6 Å². The van der Waals surface area contributed by atoms with E-state index in [0.717, 1.165) is 17.9 Å². The van der Waals surface area contributed by atoms with E-state index in [4.69, 9.17) is 16.3 Å². The smallest absolute Gasteiger partial charge is 0.334 e. The van der Waals surface area contributed by atoms with Crippen LogP contribution in [0.25, 0.3) is 0 Å². The first-order chi connectivity index (χ1) is 10.2. The molecule has 5 nitrogen and oxygen atoms in total. The molecular formula is C15H18ClN3O2. The number of nitrogens with zero attached hydrogens (tertiary/aromatic N) is 2. The van der Waals surface area contributed by atoms with Crippen LogP contribution in [0.4, 0.5) is 5.69 Å². The number of benzene rings is 1. The van der Waals surface area contributed by atoms with E-state index in [-0.39, 0.29) is 5.97 Å². The SMILES string of the molecule is CCOC(=O)C(Nc1cccc(Cl)c1)c1cncn1CC. The Morgan fingerprint density at radius 1 is 1.48 bits per heavy atom. The first kappa shape index (κ1) is 15.4. The van der Waals surface area contributed by atoms with Crippen LogP contribution in [0.5, 0.6) is 0 Å². The highest BCUT2D eigenvalue weighted by Crippen LogP contribution is 2.23. The van der Waals surface area contributed by atoms with Gasteiger partial charge in [-0.1, -0.05) is 17.7 Å². The van der Waals surface area contributed by atoms with Crippen LogP contribution in [0.2, 0.25) is 5.02 Å². The maximum absolute atomic E-state index is 12.2. The molecule has 112 valence electrons. The summed E-state index contributed by atoms with van der Waals surface area (Å²) in [6.07, 6.45) is 3.36. The van der Waals surface area contributed by atoms with Gasteiger partial charge in [-0.2, -0.15) is 0 Å². The van der Waals surface area contributed by atoms with Gasteiger partial charge in [0.2, 0.25) is 0 Å². The van der Waals surface area contributed by atoms with Gasteiger partial charge in [-0.3, -0.25) is 0 Å². The zero-order valence-corrected chi connectivity index (χ0v) is 12.8. The molecular weight excluding hydrogens is 290 g/mol. The molecule has 1 heterocycles. The number of hydrogen-bond acceptors (Lipinski definition) is 4. The van der Waals surface area contributed by atoms with Gasteiger partial charge in [-0.05, 0) is 32.0 Å².